The van der Waals surface area contributed by atoms with Crippen LogP contribution in [0.2, 0.25) is 0 Å². The average molecular weight is 337 g/mol. The molecule has 8 nitrogen and oxygen atoms in total. The summed E-state index contributed by atoms with van der Waals surface area (Å²) in [7, 11) is 0. The van der Waals surface area contributed by atoms with Crippen molar-refractivity contribution in [3.63, 3.8) is 0 Å². The van der Waals surface area contributed by atoms with Crippen molar-refractivity contribution in [1.29, 1.82) is 0 Å². The summed E-state index contributed by atoms with van der Waals surface area (Å²) < 4.78 is 5.20. The lowest BCUT2D eigenvalue weighted by molar-refractivity contribution is -0.144. The summed E-state index contributed by atoms with van der Waals surface area (Å²) in [5, 5.41) is 11.8. The third-order valence-corrected chi connectivity index (χ3v) is 4.19. The number of benzene rings is 1. The highest BCUT2D eigenvalue weighted by molar-refractivity contribution is 6.11. The van der Waals surface area contributed by atoms with Crippen LogP contribution in [0.4, 0.5) is 5.69 Å². The lowest BCUT2D eigenvalue weighted by atomic mass is 9.98. The Morgan fingerprint density at radius 1 is 1.28 bits per heavy atom. The number of nitrogens with zero attached hydrogens (tertiary/aromatic N) is 2. The largest absolute Gasteiger partial charge is 0.464 e. The fourth-order valence-electron chi connectivity index (χ4n) is 3.17. The van der Waals surface area contributed by atoms with Crippen molar-refractivity contribution in [2.75, 3.05) is 11.9 Å². The molecule has 0 fully saturated rings. The lowest BCUT2D eigenvalue weighted by Gasteiger charge is -2.17. The first kappa shape index (κ1) is 15.1. The van der Waals surface area contributed by atoms with Crippen LogP contribution in [-0.2, 0) is 9.53 Å². The molecule has 1 amide bonds. The van der Waals surface area contributed by atoms with Crippen LogP contribution in [0.3, 0.4) is 0 Å². The molecule has 0 spiro atoms. The maximum atomic E-state index is 12.5. The van der Waals surface area contributed by atoms with Crippen molar-refractivity contribution in [1.82, 2.24) is 15.2 Å². The van der Waals surface area contributed by atoms with E-state index in [1.165, 1.54) is 0 Å². The number of hydrogen-bond donors (Lipinski definition) is 3. The monoisotopic (exact) mass is 337 g/mol. The van der Waals surface area contributed by atoms with Crippen LogP contribution in [-0.4, -0.2) is 33.7 Å². The van der Waals surface area contributed by atoms with Gasteiger partial charge in [0, 0.05) is 34.0 Å². The Labute approximate surface area is 142 Å². The number of amides is 1. The molecule has 4 rings (SSSR count). The lowest BCUT2D eigenvalue weighted by Crippen LogP contribution is -2.22. The molecule has 1 atom stereocenters. The molecule has 2 aromatic heterocycles. The van der Waals surface area contributed by atoms with Crippen LogP contribution in [0.25, 0.3) is 22.2 Å². The highest BCUT2D eigenvalue weighted by atomic mass is 16.5. The number of aromatic amines is 1. The zero-order valence-electron chi connectivity index (χ0n) is 13.4. The standard InChI is InChI=1S/C17H15N5O3/c1-2-25-17(24)13-9-7-19-16-12(9)11(14(15(18)23)21-22-16)8-5-3-4-6-10(8)20-13/h3-7,13,20H,2H2,1H3,(H2,18,23)(H,19,22). The summed E-state index contributed by atoms with van der Waals surface area (Å²) in [6.45, 7) is 2.01. The maximum Gasteiger partial charge on any atom is 0.333 e. The van der Waals surface area contributed by atoms with Gasteiger partial charge in [0.1, 0.15) is 0 Å². The van der Waals surface area contributed by atoms with E-state index in [9.17, 15) is 9.59 Å². The zero-order chi connectivity index (χ0) is 17.6. The molecule has 0 bridgehead atoms. The summed E-state index contributed by atoms with van der Waals surface area (Å²) in [6.07, 6.45) is 1.67. The summed E-state index contributed by atoms with van der Waals surface area (Å²) in [6, 6.07) is 6.62. The number of ether oxygens (including phenoxy) is 1. The van der Waals surface area contributed by atoms with Crippen LogP contribution >= 0.6 is 0 Å². The fourth-order valence-corrected chi connectivity index (χ4v) is 3.17. The van der Waals surface area contributed by atoms with Crippen LogP contribution in [0.1, 0.15) is 29.0 Å². The number of fused-ring (bicyclic) bond motifs is 2. The van der Waals surface area contributed by atoms with Crippen molar-refractivity contribution in [2.45, 2.75) is 13.0 Å². The second-order valence-electron chi connectivity index (χ2n) is 5.63. The number of carbonyl (C=O) groups excluding carboxylic acids is 2. The molecule has 1 aliphatic heterocycles. The minimum atomic E-state index is -0.735. The normalized spacial score (nSPS) is 15.2. The van der Waals surface area contributed by atoms with Crippen LogP contribution in [0.5, 0.6) is 0 Å². The molecule has 1 aromatic carbocycles. The molecule has 126 valence electrons. The van der Waals surface area contributed by atoms with E-state index in [2.05, 4.69) is 20.5 Å². The van der Waals surface area contributed by atoms with Crippen molar-refractivity contribution in [3.8, 4) is 11.1 Å². The van der Waals surface area contributed by atoms with Gasteiger partial charge in [0.05, 0.1) is 6.61 Å². The molecule has 1 aliphatic rings. The van der Waals surface area contributed by atoms with Crippen molar-refractivity contribution in [3.05, 3.63) is 41.7 Å². The van der Waals surface area contributed by atoms with Gasteiger partial charge in [0.25, 0.3) is 5.91 Å². The number of rotatable bonds is 3. The second-order valence-corrected chi connectivity index (χ2v) is 5.63. The summed E-state index contributed by atoms with van der Waals surface area (Å²) >= 11 is 0. The molecule has 0 saturated carbocycles. The molecule has 3 heterocycles. The number of H-pyrrole nitrogens is 1. The van der Waals surface area contributed by atoms with Gasteiger partial charge in [-0.25, -0.2) is 4.79 Å². The molecule has 0 saturated heterocycles. The average Bonchev–Trinajstić information content (AvgIpc) is 2.96. The van der Waals surface area contributed by atoms with Gasteiger partial charge in [-0.2, -0.15) is 0 Å². The third-order valence-electron chi connectivity index (χ3n) is 4.19. The van der Waals surface area contributed by atoms with Crippen molar-refractivity contribution >= 4 is 28.6 Å². The van der Waals surface area contributed by atoms with E-state index >= 15 is 0 Å². The Morgan fingerprint density at radius 2 is 2.08 bits per heavy atom. The first-order valence-electron chi connectivity index (χ1n) is 7.81. The zero-order valence-corrected chi connectivity index (χ0v) is 13.4. The van der Waals surface area contributed by atoms with Crippen LogP contribution in [0, 0.1) is 0 Å². The minimum Gasteiger partial charge on any atom is -0.464 e. The molecule has 25 heavy (non-hydrogen) atoms. The first-order chi connectivity index (χ1) is 12.1. The van der Waals surface area contributed by atoms with E-state index < -0.39 is 17.9 Å². The molecule has 0 radical (unpaired) electrons. The van der Waals surface area contributed by atoms with E-state index in [-0.39, 0.29) is 12.3 Å². The Kier molecular flexibility index (Phi) is 3.38. The van der Waals surface area contributed by atoms with Gasteiger partial charge < -0.3 is 20.8 Å². The second kappa shape index (κ2) is 5.59. The number of hydrogen-bond acceptors (Lipinski definition) is 6. The van der Waals surface area contributed by atoms with E-state index in [4.69, 9.17) is 10.5 Å². The Morgan fingerprint density at radius 3 is 2.84 bits per heavy atom. The van der Waals surface area contributed by atoms with Crippen LogP contribution in [0.15, 0.2) is 30.5 Å². The number of carbonyl (C=O) groups is 2. The quantitative estimate of drug-likeness (QED) is 0.626. The molecule has 8 heteroatoms. The van der Waals surface area contributed by atoms with Gasteiger partial charge in [-0.05, 0) is 13.0 Å². The molecule has 1 unspecified atom stereocenters. The van der Waals surface area contributed by atoms with Crippen LogP contribution < -0.4 is 11.1 Å². The van der Waals surface area contributed by atoms with E-state index in [0.717, 1.165) is 5.56 Å². The minimum absolute atomic E-state index is 0.0621. The summed E-state index contributed by atoms with van der Waals surface area (Å²) in [5.41, 5.74) is 8.66. The Hall–Kier alpha value is -3.42. The molecule has 0 aliphatic carbocycles. The van der Waals surface area contributed by atoms with E-state index in [0.29, 0.717) is 27.8 Å². The van der Waals surface area contributed by atoms with Gasteiger partial charge in [-0.3, -0.25) is 4.79 Å². The van der Waals surface area contributed by atoms with E-state index in [1.54, 1.807) is 13.1 Å². The number of esters is 1. The molecule has 4 N–H and O–H groups in total. The number of nitrogens with two attached hydrogens (primary N) is 1. The smallest absolute Gasteiger partial charge is 0.333 e. The van der Waals surface area contributed by atoms with Crippen molar-refractivity contribution in [2.24, 2.45) is 5.73 Å². The van der Waals surface area contributed by atoms with Crippen molar-refractivity contribution < 1.29 is 14.3 Å². The number of aromatic nitrogens is 3. The van der Waals surface area contributed by atoms with Gasteiger partial charge in [-0.15, -0.1) is 10.2 Å². The summed E-state index contributed by atoms with van der Waals surface area (Å²) in [5.74, 6) is -1.09. The van der Waals surface area contributed by atoms with Gasteiger partial charge in [-0.1, -0.05) is 18.2 Å². The number of para-hydroxylation sites is 1. The van der Waals surface area contributed by atoms with E-state index in [1.807, 2.05) is 24.3 Å². The third kappa shape index (κ3) is 2.22. The van der Waals surface area contributed by atoms with Gasteiger partial charge in [0.15, 0.2) is 17.4 Å². The number of primary amides is 1. The molecular formula is C17H15N5O3. The predicted molar refractivity (Wildman–Crippen MR) is 90.8 cm³/mol. The van der Waals surface area contributed by atoms with Gasteiger partial charge in [0.2, 0.25) is 0 Å². The SMILES string of the molecule is CCOC(=O)C1Nc2ccccc2-c2c(C(N)=O)nnc3[nH]cc1c23. The highest BCUT2D eigenvalue weighted by Gasteiger charge is 2.33. The van der Waals surface area contributed by atoms with Gasteiger partial charge >= 0.3 is 5.97 Å². The number of anilines is 1. The Balaban J connectivity index is 2.09. The molecular weight excluding hydrogens is 322 g/mol. The highest BCUT2D eigenvalue weighted by Crippen LogP contribution is 2.42. The summed E-state index contributed by atoms with van der Waals surface area (Å²) in [4.78, 5) is 27.4. The Bertz CT molecular complexity index is 1010. The topological polar surface area (TPSA) is 123 Å². The fraction of sp³-hybridized carbons (Fsp3) is 0.176. The first-order valence-corrected chi connectivity index (χ1v) is 7.81. The number of nitrogens with one attached hydrogen (secondary N) is 2. The predicted octanol–water partition coefficient (Wildman–Crippen LogP) is 1.75. The maximum absolute atomic E-state index is 12.5. The molecule has 3 aromatic rings.